The number of nitrogens with two attached hydrogens (primary N) is 1. The van der Waals surface area contributed by atoms with Crippen LogP contribution in [0, 0.1) is 0 Å². The highest BCUT2D eigenvalue weighted by atomic mass is 35.5. The summed E-state index contributed by atoms with van der Waals surface area (Å²) >= 11 is 6.00. The Kier molecular flexibility index (Phi) is 3.69. The molecule has 0 aliphatic rings. The van der Waals surface area contributed by atoms with Gasteiger partial charge in [0.05, 0.1) is 11.0 Å². The van der Waals surface area contributed by atoms with Gasteiger partial charge < -0.3 is 10.3 Å². The Labute approximate surface area is 107 Å². The average molecular weight is 252 g/mol. The molecule has 2 N–H and O–H groups in total. The highest BCUT2D eigenvalue weighted by Gasteiger charge is 2.14. The maximum absolute atomic E-state index is 6.00. The SMILES string of the molecule is CC[C@@H](C)n1c(CCN)nc2cc(Cl)ccc21. The van der Waals surface area contributed by atoms with Crippen molar-refractivity contribution in [3.63, 3.8) is 0 Å². The molecule has 0 fully saturated rings. The fourth-order valence-electron chi connectivity index (χ4n) is 2.10. The van der Waals surface area contributed by atoms with Crippen LogP contribution in [0.1, 0.15) is 32.1 Å². The Morgan fingerprint density at radius 3 is 2.88 bits per heavy atom. The molecule has 17 heavy (non-hydrogen) atoms. The van der Waals surface area contributed by atoms with Gasteiger partial charge >= 0.3 is 0 Å². The van der Waals surface area contributed by atoms with E-state index >= 15 is 0 Å². The van der Waals surface area contributed by atoms with Crippen molar-refractivity contribution in [1.29, 1.82) is 0 Å². The van der Waals surface area contributed by atoms with E-state index in [0.717, 1.165) is 34.7 Å². The summed E-state index contributed by atoms with van der Waals surface area (Å²) in [6.45, 7) is 5.00. The van der Waals surface area contributed by atoms with Gasteiger partial charge in [-0.1, -0.05) is 18.5 Å². The molecule has 1 aromatic heterocycles. The van der Waals surface area contributed by atoms with Gasteiger partial charge in [-0.05, 0) is 38.1 Å². The quantitative estimate of drug-likeness (QED) is 0.907. The Balaban J connectivity index is 2.62. The molecule has 3 nitrogen and oxygen atoms in total. The lowest BCUT2D eigenvalue weighted by Gasteiger charge is -2.15. The molecule has 0 saturated heterocycles. The third kappa shape index (κ3) is 2.31. The number of fused-ring (bicyclic) bond motifs is 1. The molecule has 0 amide bonds. The van der Waals surface area contributed by atoms with Crippen molar-refractivity contribution in [2.75, 3.05) is 6.54 Å². The molecule has 0 bridgehead atoms. The van der Waals surface area contributed by atoms with Crippen molar-refractivity contribution in [3.8, 4) is 0 Å². The zero-order chi connectivity index (χ0) is 12.4. The van der Waals surface area contributed by atoms with E-state index in [2.05, 4.69) is 23.4 Å². The smallest absolute Gasteiger partial charge is 0.111 e. The second-order valence-electron chi connectivity index (χ2n) is 4.33. The van der Waals surface area contributed by atoms with Crippen LogP contribution in [-0.4, -0.2) is 16.1 Å². The van der Waals surface area contributed by atoms with Gasteiger partial charge in [-0.15, -0.1) is 0 Å². The highest BCUT2D eigenvalue weighted by molar-refractivity contribution is 6.31. The molecule has 4 heteroatoms. The first-order valence-electron chi connectivity index (χ1n) is 6.03. The van der Waals surface area contributed by atoms with E-state index in [-0.39, 0.29) is 0 Å². The van der Waals surface area contributed by atoms with E-state index in [1.807, 2.05) is 18.2 Å². The molecule has 0 aliphatic heterocycles. The average Bonchev–Trinajstić information content (AvgIpc) is 2.65. The third-order valence-corrected chi connectivity index (χ3v) is 3.36. The van der Waals surface area contributed by atoms with E-state index in [1.165, 1.54) is 0 Å². The normalized spacial score (nSPS) is 13.2. The maximum atomic E-state index is 6.00. The van der Waals surface area contributed by atoms with E-state index in [0.29, 0.717) is 12.6 Å². The van der Waals surface area contributed by atoms with Gasteiger partial charge in [-0.2, -0.15) is 0 Å². The molecule has 2 aromatic rings. The van der Waals surface area contributed by atoms with Gasteiger partial charge in [-0.25, -0.2) is 4.98 Å². The number of halogens is 1. The van der Waals surface area contributed by atoms with E-state index in [9.17, 15) is 0 Å². The van der Waals surface area contributed by atoms with Crippen LogP contribution in [-0.2, 0) is 6.42 Å². The minimum absolute atomic E-state index is 0.433. The number of aromatic nitrogens is 2. The molecular weight excluding hydrogens is 234 g/mol. The number of rotatable bonds is 4. The van der Waals surface area contributed by atoms with Crippen LogP contribution in [0.4, 0.5) is 0 Å². The van der Waals surface area contributed by atoms with E-state index in [1.54, 1.807) is 0 Å². The van der Waals surface area contributed by atoms with Crippen LogP contribution in [0.2, 0.25) is 5.02 Å². The lowest BCUT2D eigenvalue weighted by molar-refractivity contribution is 0.522. The van der Waals surface area contributed by atoms with Gasteiger partial charge in [0, 0.05) is 17.5 Å². The highest BCUT2D eigenvalue weighted by Crippen LogP contribution is 2.25. The number of hydrogen-bond donors (Lipinski definition) is 1. The number of benzene rings is 1. The molecule has 1 aromatic carbocycles. The van der Waals surface area contributed by atoms with Crippen molar-refractivity contribution in [3.05, 3.63) is 29.0 Å². The van der Waals surface area contributed by atoms with Crippen LogP contribution in [0.5, 0.6) is 0 Å². The van der Waals surface area contributed by atoms with Crippen molar-refractivity contribution < 1.29 is 0 Å². The number of hydrogen-bond acceptors (Lipinski definition) is 2. The molecule has 2 rings (SSSR count). The van der Waals surface area contributed by atoms with Crippen molar-refractivity contribution >= 4 is 22.6 Å². The first-order valence-corrected chi connectivity index (χ1v) is 6.41. The predicted octanol–water partition coefficient (Wildman–Crippen LogP) is 3.16. The second-order valence-corrected chi connectivity index (χ2v) is 4.76. The fraction of sp³-hybridized carbons (Fsp3) is 0.462. The molecule has 0 aliphatic carbocycles. The van der Waals surface area contributed by atoms with Crippen LogP contribution < -0.4 is 5.73 Å². The Morgan fingerprint density at radius 2 is 2.24 bits per heavy atom. The van der Waals surface area contributed by atoms with Gasteiger partial charge in [0.1, 0.15) is 5.82 Å². The number of imidazole rings is 1. The second kappa shape index (κ2) is 5.07. The number of nitrogens with zero attached hydrogens (tertiary/aromatic N) is 2. The van der Waals surface area contributed by atoms with Gasteiger partial charge in [0.25, 0.3) is 0 Å². The van der Waals surface area contributed by atoms with Crippen LogP contribution in [0.15, 0.2) is 18.2 Å². The van der Waals surface area contributed by atoms with Gasteiger partial charge in [0.15, 0.2) is 0 Å². The first kappa shape index (κ1) is 12.4. The minimum atomic E-state index is 0.433. The standard InChI is InChI=1S/C13H18ClN3/c1-3-9(2)17-12-5-4-10(14)8-11(12)16-13(17)6-7-15/h4-5,8-9H,3,6-7,15H2,1-2H3/t9-/m1/s1. The largest absolute Gasteiger partial charge is 0.330 e. The lowest BCUT2D eigenvalue weighted by Crippen LogP contribution is -2.12. The summed E-state index contributed by atoms with van der Waals surface area (Å²) in [5.41, 5.74) is 7.75. The van der Waals surface area contributed by atoms with Crippen LogP contribution in [0.25, 0.3) is 11.0 Å². The maximum Gasteiger partial charge on any atom is 0.111 e. The summed E-state index contributed by atoms with van der Waals surface area (Å²) in [7, 11) is 0. The monoisotopic (exact) mass is 251 g/mol. The van der Waals surface area contributed by atoms with Crippen molar-refractivity contribution in [2.24, 2.45) is 5.73 Å². The van der Waals surface area contributed by atoms with Crippen LogP contribution in [0.3, 0.4) is 0 Å². The summed E-state index contributed by atoms with van der Waals surface area (Å²) in [4.78, 5) is 4.63. The fourth-order valence-corrected chi connectivity index (χ4v) is 2.27. The van der Waals surface area contributed by atoms with Gasteiger partial charge in [0.2, 0.25) is 0 Å². The Morgan fingerprint density at radius 1 is 1.47 bits per heavy atom. The summed E-state index contributed by atoms with van der Waals surface area (Å²) < 4.78 is 2.28. The zero-order valence-electron chi connectivity index (χ0n) is 10.3. The summed E-state index contributed by atoms with van der Waals surface area (Å²) in [5, 5.41) is 0.727. The molecule has 0 saturated carbocycles. The molecular formula is C13H18ClN3. The molecule has 1 heterocycles. The minimum Gasteiger partial charge on any atom is -0.330 e. The van der Waals surface area contributed by atoms with Crippen LogP contribution >= 0.6 is 11.6 Å². The molecule has 0 spiro atoms. The third-order valence-electron chi connectivity index (χ3n) is 3.12. The van der Waals surface area contributed by atoms with Crippen molar-refractivity contribution in [1.82, 2.24) is 9.55 Å². The zero-order valence-corrected chi connectivity index (χ0v) is 11.0. The van der Waals surface area contributed by atoms with E-state index < -0.39 is 0 Å². The predicted molar refractivity (Wildman–Crippen MR) is 72.5 cm³/mol. The molecule has 0 radical (unpaired) electrons. The first-order chi connectivity index (χ1) is 8.17. The molecule has 0 unspecified atom stereocenters. The Bertz CT molecular complexity index is 519. The summed E-state index contributed by atoms with van der Waals surface area (Å²) in [6, 6.07) is 6.30. The molecule has 92 valence electrons. The molecule has 1 atom stereocenters. The van der Waals surface area contributed by atoms with E-state index in [4.69, 9.17) is 17.3 Å². The lowest BCUT2D eigenvalue weighted by atomic mass is 10.2. The summed E-state index contributed by atoms with van der Waals surface area (Å²) in [6.07, 6.45) is 1.88. The van der Waals surface area contributed by atoms with Gasteiger partial charge in [-0.3, -0.25) is 0 Å². The topological polar surface area (TPSA) is 43.8 Å². The Hall–Kier alpha value is -1.06. The summed E-state index contributed by atoms with van der Waals surface area (Å²) in [5.74, 6) is 1.05. The van der Waals surface area contributed by atoms with Crippen molar-refractivity contribution in [2.45, 2.75) is 32.7 Å².